The number of esters is 1. The molecular formula is C19H23NO4. The Morgan fingerprint density at radius 1 is 1.21 bits per heavy atom. The number of ketones is 1. The minimum atomic E-state index is -0.312. The highest BCUT2D eigenvalue weighted by Gasteiger charge is 2.35. The van der Waals surface area contributed by atoms with E-state index in [0.717, 1.165) is 24.0 Å². The Morgan fingerprint density at radius 2 is 2.00 bits per heavy atom. The lowest BCUT2D eigenvalue weighted by molar-refractivity contribution is -0.152. The number of rotatable bonds is 3. The maximum atomic E-state index is 12.9. The number of ether oxygens (including phenoxy) is 1. The highest BCUT2D eigenvalue weighted by molar-refractivity contribution is 6.01. The predicted octanol–water partition coefficient (Wildman–Crippen LogP) is 2.23. The second-order valence-electron chi connectivity index (χ2n) is 6.56. The maximum absolute atomic E-state index is 12.9. The van der Waals surface area contributed by atoms with Crippen LogP contribution < -0.4 is 0 Å². The summed E-state index contributed by atoms with van der Waals surface area (Å²) < 4.78 is 5.09. The van der Waals surface area contributed by atoms with Crippen LogP contribution in [0.1, 0.15) is 42.1 Å². The average Bonchev–Trinajstić information content (AvgIpc) is 2.61. The van der Waals surface area contributed by atoms with Gasteiger partial charge < -0.3 is 9.64 Å². The predicted molar refractivity (Wildman–Crippen MR) is 88.5 cm³/mol. The summed E-state index contributed by atoms with van der Waals surface area (Å²) in [5.74, 6) is -0.747. The number of fused-ring (bicyclic) bond motifs is 1. The van der Waals surface area contributed by atoms with Crippen molar-refractivity contribution < 1.29 is 19.1 Å². The van der Waals surface area contributed by atoms with Gasteiger partial charge in [0.05, 0.1) is 12.5 Å². The first-order valence-corrected chi connectivity index (χ1v) is 8.66. The third-order valence-electron chi connectivity index (χ3n) is 4.92. The van der Waals surface area contributed by atoms with Crippen LogP contribution in [0.3, 0.4) is 0 Å². The van der Waals surface area contributed by atoms with Gasteiger partial charge in [-0.25, -0.2) is 0 Å². The lowest BCUT2D eigenvalue weighted by atomic mass is 9.82. The van der Waals surface area contributed by atoms with E-state index in [-0.39, 0.29) is 35.9 Å². The van der Waals surface area contributed by atoms with Gasteiger partial charge in [0.2, 0.25) is 5.91 Å². The van der Waals surface area contributed by atoms with Crippen molar-refractivity contribution in [2.24, 2.45) is 11.8 Å². The summed E-state index contributed by atoms with van der Waals surface area (Å²) in [6.45, 7) is 3.21. The molecule has 24 heavy (non-hydrogen) atoms. The molecule has 128 valence electrons. The van der Waals surface area contributed by atoms with Crippen molar-refractivity contribution in [1.82, 2.24) is 4.90 Å². The van der Waals surface area contributed by atoms with Crippen molar-refractivity contribution in [3.63, 3.8) is 0 Å². The molecule has 1 amide bonds. The quantitative estimate of drug-likeness (QED) is 0.798. The van der Waals surface area contributed by atoms with Crippen LogP contribution in [0.2, 0.25) is 0 Å². The maximum Gasteiger partial charge on any atom is 0.310 e. The van der Waals surface area contributed by atoms with E-state index in [2.05, 4.69) is 0 Å². The molecule has 3 rings (SSSR count). The molecule has 5 heteroatoms. The molecule has 1 saturated heterocycles. The summed E-state index contributed by atoms with van der Waals surface area (Å²) in [7, 11) is 0. The largest absolute Gasteiger partial charge is 0.466 e. The topological polar surface area (TPSA) is 63.7 Å². The van der Waals surface area contributed by atoms with Crippen LogP contribution in [0.25, 0.3) is 0 Å². The Balaban J connectivity index is 1.68. The molecular weight excluding hydrogens is 306 g/mol. The molecule has 0 saturated carbocycles. The van der Waals surface area contributed by atoms with E-state index >= 15 is 0 Å². The van der Waals surface area contributed by atoms with Crippen LogP contribution in [-0.2, 0) is 20.7 Å². The molecule has 5 nitrogen and oxygen atoms in total. The molecule has 1 heterocycles. The third kappa shape index (κ3) is 3.35. The van der Waals surface area contributed by atoms with E-state index in [1.54, 1.807) is 11.8 Å². The molecule has 1 aromatic carbocycles. The molecule has 0 bridgehead atoms. The number of Topliss-reactive ketones (excluding diaryl/α,β-unsaturated/α-hetero) is 1. The fourth-order valence-corrected chi connectivity index (χ4v) is 3.70. The van der Waals surface area contributed by atoms with Crippen LogP contribution >= 0.6 is 0 Å². The van der Waals surface area contributed by atoms with Gasteiger partial charge in [0.1, 0.15) is 0 Å². The number of carbonyl (C=O) groups is 3. The van der Waals surface area contributed by atoms with Gasteiger partial charge in [0.25, 0.3) is 0 Å². The Morgan fingerprint density at radius 3 is 2.79 bits per heavy atom. The lowest BCUT2D eigenvalue weighted by Crippen LogP contribution is -2.46. The van der Waals surface area contributed by atoms with Gasteiger partial charge in [-0.05, 0) is 31.7 Å². The van der Waals surface area contributed by atoms with E-state index in [1.807, 2.05) is 24.3 Å². The van der Waals surface area contributed by atoms with Gasteiger partial charge in [0, 0.05) is 31.0 Å². The fraction of sp³-hybridized carbons (Fsp3) is 0.526. The zero-order valence-electron chi connectivity index (χ0n) is 14.0. The van der Waals surface area contributed by atoms with Crippen LogP contribution in [-0.4, -0.2) is 42.3 Å². The van der Waals surface area contributed by atoms with E-state index in [1.165, 1.54) is 0 Å². The number of hydrogen-bond acceptors (Lipinski definition) is 4. The SMILES string of the molecule is CCOC(=O)C1CCCN(C(=O)C2CC(=O)c3ccccc3C2)C1. The van der Waals surface area contributed by atoms with Crippen molar-refractivity contribution in [3.05, 3.63) is 35.4 Å². The molecule has 2 atom stereocenters. The van der Waals surface area contributed by atoms with Gasteiger partial charge in [0.15, 0.2) is 5.78 Å². The molecule has 1 aliphatic heterocycles. The highest BCUT2D eigenvalue weighted by Crippen LogP contribution is 2.28. The first-order chi connectivity index (χ1) is 11.6. The first-order valence-electron chi connectivity index (χ1n) is 8.66. The van der Waals surface area contributed by atoms with Gasteiger partial charge in [-0.3, -0.25) is 14.4 Å². The Hall–Kier alpha value is -2.17. The molecule has 2 unspecified atom stereocenters. The van der Waals surface area contributed by atoms with Crippen molar-refractivity contribution >= 4 is 17.7 Å². The smallest absolute Gasteiger partial charge is 0.310 e. The second kappa shape index (κ2) is 7.16. The van der Waals surface area contributed by atoms with Gasteiger partial charge in [-0.2, -0.15) is 0 Å². The monoisotopic (exact) mass is 329 g/mol. The van der Waals surface area contributed by atoms with Gasteiger partial charge in [-0.15, -0.1) is 0 Å². The molecule has 1 fully saturated rings. The Bertz CT molecular complexity index is 655. The van der Waals surface area contributed by atoms with E-state index in [9.17, 15) is 14.4 Å². The summed E-state index contributed by atoms with van der Waals surface area (Å²) in [6.07, 6.45) is 2.42. The molecule has 2 aliphatic rings. The van der Waals surface area contributed by atoms with Crippen molar-refractivity contribution in [2.75, 3.05) is 19.7 Å². The summed E-state index contributed by atoms with van der Waals surface area (Å²) >= 11 is 0. The summed E-state index contributed by atoms with van der Waals surface area (Å²) in [5.41, 5.74) is 1.69. The number of carbonyl (C=O) groups excluding carboxylic acids is 3. The van der Waals surface area contributed by atoms with E-state index in [0.29, 0.717) is 26.1 Å². The molecule has 0 aromatic heterocycles. The standard InChI is InChI=1S/C19H23NO4/c1-2-24-19(23)14-7-5-9-20(12-14)18(22)15-10-13-6-3-4-8-16(13)17(21)11-15/h3-4,6,8,14-15H,2,5,7,9-12H2,1H3. The van der Waals surface area contributed by atoms with Crippen LogP contribution in [0, 0.1) is 11.8 Å². The minimum Gasteiger partial charge on any atom is -0.466 e. The number of benzene rings is 1. The Kier molecular flexibility index (Phi) is 4.97. The van der Waals surface area contributed by atoms with Crippen molar-refractivity contribution in [3.8, 4) is 0 Å². The number of nitrogens with zero attached hydrogens (tertiary/aromatic N) is 1. The lowest BCUT2D eigenvalue weighted by Gasteiger charge is -2.35. The van der Waals surface area contributed by atoms with E-state index < -0.39 is 0 Å². The summed E-state index contributed by atoms with van der Waals surface area (Å²) in [5, 5.41) is 0. The van der Waals surface area contributed by atoms with Crippen molar-refractivity contribution in [2.45, 2.75) is 32.6 Å². The molecule has 0 radical (unpaired) electrons. The Labute approximate surface area is 142 Å². The fourth-order valence-electron chi connectivity index (χ4n) is 3.70. The average molecular weight is 329 g/mol. The van der Waals surface area contributed by atoms with Gasteiger partial charge in [-0.1, -0.05) is 24.3 Å². The first kappa shape index (κ1) is 16.7. The second-order valence-corrected chi connectivity index (χ2v) is 6.56. The molecule has 0 spiro atoms. The van der Waals surface area contributed by atoms with Crippen LogP contribution in [0.15, 0.2) is 24.3 Å². The minimum absolute atomic E-state index is 0.00754. The highest BCUT2D eigenvalue weighted by atomic mass is 16.5. The van der Waals surface area contributed by atoms with Gasteiger partial charge >= 0.3 is 5.97 Å². The molecule has 1 aliphatic carbocycles. The number of amides is 1. The normalized spacial score (nSPS) is 23.5. The molecule has 0 N–H and O–H groups in total. The number of hydrogen-bond donors (Lipinski definition) is 0. The third-order valence-corrected chi connectivity index (χ3v) is 4.92. The number of likely N-dealkylation sites (tertiary alicyclic amines) is 1. The molecule has 1 aromatic rings. The number of piperidine rings is 1. The summed E-state index contributed by atoms with van der Waals surface area (Å²) in [4.78, 5) is 38.8. The summed E-state index contributed by atoms with van der Waals surface area (Å²) in [6, 6.07) is 7.50. The van der Waals surface area contributed by atoms with Crippen molar-refractivity contribution in [1.29, 1.82) is 0 Å². The zero-order valence-corrected chi connectivity index (χ0v) is 14.0. The van der Waals surface area contributed by atoms with E-state index in [4.69, 9.17) is 4.74 Å². The van der Waals surface area contributed by atoms with Crippen LogP contribution in [0.4, 0.5) is 0 Å². The zero-order chi connectivity index (χ0) is 17.1. The van der Waals surface area contributed by atoms with Crippen LogP contribution in [0.5, 0.6) is 0 Å².